The number of aromatic nitrogens is 2. The van der Waals surface area contributed by atoms with Gasteiger partial charge in [0, 0.05) is 26.0 Å². The van der Waals surface area contributed by atoms with Crippen LogP contribution in [0.15, 0.2) is 18.5 Å². The number of carbonyl (C=O) groups is 1. The van der Waals surface area contributed by atoms with Gasteiger partial charge in [0.1, 0.15) is 6.04 Å². The molecule has 1 heterocycles. The van der Waals surface area contributed by atoms with E-state index in [1.807, 2.05) is 13.0 Å². The third kappa shape index (κ3) is 3.06. The molecular weight excluding hydrogens is 192 g/mol. The van der Waals surface area contributed by atoms with Gasteiger partial charge in [-0.25, -0.2) is 0 Å². The third-order valence-electron chi connectivity index (χ3n) is 2.35. The minimum absolute atomic E-state index is 0.0622. The molecule has 0 spiro atoms. The van der Waals surface area contributed by atoms with Crippen molar-refractivity contribution in [2.45, 2.75) is 19.4 Å². The molecule has 5 heteroatoms. The van der Waals surface area contributed by atoms with Gasteiger partial charge >= 0.3 is 0 Å². The highest BCUT2D eigenvalue weighted by Gasteiger charge is 2.18. The van der Waals surface area contributed by atoms with Crippen LogP contribution in [-0.2, 0) is 4.79 Å². The van der Waals surface area contributed by atoms with Crippen LogP contribution in [0.1, 0.15) is 19.4 Å². The molecule has 15 heavy (non-hydrogen) atoms. The predicted octanol–water partition coefficient (Wildman–Crippen LogP) is 0.251. The molecule has 0 bridgehead atoms. The second-order valence-corrected chi connectivity index (χ2v) is 3.56. The molecule has 1 aromatic heterocycles. The Hall–Kier alpha value is -1.36. The lowest BCUT2D eigenvalue weighted by atomic mass is 10.3. The summed E-state index contributed by atoms with van der Waals surface area (Å²) in [6.07, 6.45) is 4.29. The Labute approximate surface area is 89.9 Å². The molecule has 5 nitrogen and oxygen atoms in total. The molecule has 0 aromatic carbocycles. The van der Waals surface area contributed by atoms with Gasteiger partial charge in [-0.15, -0.1) is 0 Å². The van der Waals surface area contributed by atoms with Gasteiger partial charge in [0.2, 0.25) is 5.91 Å². The van der Waals surface area contributed by atoms with E-state index in [2.05, 4.69) is 5.10 Å². The van der Waals surface area contributed by atoms with E-state index in [-0.39, 0.29) is 11.9 Å². The Morgan fingerprint density at radius 2 is 2.40 bits per heavy atom. The predicted molar refractivity (Wildman–Crippen MR) is 58.2 cm³/mol. The molecule has 84 valence electrons. The molecule has 1 amide bonds. The van der Waals surface area contributed by atoms with Crippen LogP contribution < -0.4 is 5.73 Å². The van der Waals surface area contributed by atoms with E-state index in [0.29, 0.717) is 13.1 Å². The molecule has 0 saturated heterocycles. The van der Waals surface area contributed by atoms with Crippen LogP contribution in [0.2, 0.25) is 0 Å². The van der Waals surface area contributed by atoms with Gasteiger partial charge in [0.25, 0.3) is 0 Å². The highest BCUT2D eigenvalue weighted by atomic mass is 16.2. The summed E-state index contributed by atoms with van der Waals surface area (Å²) in [5, 5.41) is 4.04. The van der Waals surface area contributed by atoms with Crippen molar-refractivity contribution in [2.24, 2.45) is 5.73 Å². The highest BCUT2D eigenvalue weighted by molar-refractivity contribution is 5.79. The highest BCUT2D eigenvalue weighted by Crippen LogP contribution is 2.07. The largest absolute Gasteiger partial charge is 0.344 e. The van der Waals surface area contributed by atoms with E-state index < -0.39 is 0 Å². The van der Waals surface area contributed by atoms with Crippen LogP contribution in [0, 0.1) is 0 Å². The maximum atomic E-state index is 11.9. The zero-order chi connectivity index (χ0) is 11.3. The van der Waals surface area contributed by atoms with Gasteiger partial charge in [0.05, 0.1) is 0 Å². The van der Waals surface area contributed by atoms with Crippen LogP contribution in [0.25, 0.3) is 0 Å². The second kappa shape index (κ2) is 5.50. The average Bonchev–Trinajstić information content (AvgIpc) is 2.77. The first-order valence-corrected chi connectivity index (χ1v) is 5.11. The monoisotopic (exact) mass is 210 g/mol. The van der Waals surface area contributed by atoms with Crippen molar-refractivity contribution in [3.8, 4) is 0 Å². The molecule has 1 atom stereocenters. The molecule has 2 N–H and O–H groups in total. The van der Waals surface area contributed by atoms with E-state index in [1.54, 1.807) is 29.0 Å². The minimum Gasteiger partial charge on any atom is -0.344 e. The van der Waals surface area contributed by atoms with Crippen molar-refractivity contribution in [3.05, 3.63) is 18.5 Å². The number of amides is 1. The Morgan fingerprint density at radius 1 is 1.67 bits per heavy atom. The van der Waals surface area contributed by atoms with Crippen LogP contribution in [0.3, 0.4) is 0 Å². The average molecular weight is 210 g/mol. The summed E-state index contributed by atoms with van der Waals surface area (Å²) < 4.78 is 1.65. The quantitative estimate of drug-likeness (QED) is 0.757. The first kappa shape index (κ1) is 11.7. The fraction of sp³-hybridized carbons (Fsp3) is 0.600. The number of carbonyl (C=O) groups excluding carboxylic acids is 1. The first-order valence-electron chi connectivity index (χ1n) is 5.11. The van der Waals surface area contributed by atoms with Crippen molar-refractivity contribution in [3.63, 3.8) is 0 Å². The van der Waals surface area contributed by atoms with Crippen LogP contribution in [-0.4, -0.2) is 40.7 Å². The summed E-state index contributed by atoms with van der Waals surface area (Å²) in [6, 6.07) is 1.56. The molecule has 0 fully saturated rings. The molecule has 0 saturated carbocycles. The fourth-order valence-corrected chi connectivity index (χ4v) is 1.38. The van der Waals surface area contributed by atoms with Crippen molar-refractivity contribution in [1.29, 1.82) is 0 Å². The third-order valence-corrected chi connectivity index (χ3v) is 2.35. The van der Waals surface area contributed by atoms with Crippen LogP contribution in [0.5, 0.6) is 0 Å². The van der Waals surface area contributed by atoms with Gasteiger partial charge in [-0.1, -0.05) is 0 Å². The summed E-state index contributed by atoms with van der Waals surface area (Å²) >= 11 is 0. The lowest BCUT2D eigenvalue weighted by Gasteiger charge is -2.21. The number of hydrogen-bond acceptors (Lipinski definition) is 3. The molecule has 0 aliphatic heterocycles. The molecule has 0 radical (unpaired) electrons. The lowest BCUT2D eigenvalue weighted by molar-refractivity contribution is -0.133. The SMILES string of the molecule is CC(C(=O)N(C)CCCN)n1cccn1. The van der Waals surface area contributed by atoms with E-state index in [4.69, 9.17) is 5.73 Å². The zero-order valence-corrected chi connectivity index (χ0v) is 9.26. The van der Waals surface area contributed by atoms with Crippen molar-refractivity contribution in [2.75, 3.05) is 20.1 Å². The van der Waals surface area contributed by atoms with E-state index >= 15 is 0 Å². The van der Waals surface area contributed by atoms with E-state index in [1.165, 1.54) is 0 Å². The maximum Gasteiger partial charge on any atom is 0.246 e. The Kier molecular flexibility index (Phi) is 4.30. The fourth-order valence-electron chi connectivity index (χ4n) is 1.38. The lowest BCUT2D eigenvalue weighted by Crippen LogP contribution is -2.34. The van der Waals surface area contributed by atoms with Gasteiger partial charge in [-0.2, -0.15) is 5.10 Å². The number of nitrogens with two attached hydrogens (primary N) is 1. The Bertz CT molecular complexity index is 296. The van der Waals surface area contributed by atoms with Gasteiger partial charge in [0.15, 0.2) is 0 Å². The normalized spacial score (nSPS) is 12.5. The summed E-state index contributed by atoms with van der Waals surface area (Å²) in [6.45, 7) is 3.14. The summed E-state index contributed by atoms with van der Waals surface area (Å²) in [4.78, 5) is 13.6. The van der Waals surface area contributed by atoms with Gasteiger partial charge in [-0.3, -0.25) is 9.48 Å². The molecule has 0 aliphatic carbocycles. The van der Waals surface area contributed by atoms with E-state index in [0.717, 1.165) is 6.42 Å². The molecular formula is C10H18N4O. The Morgan fingerprint density at radius 3 is 2.93 bits per heavy atom. The molecule has 1 rings (SSSR count). The molecule has 1 unspecified atom stereocenters. The number of rotatable bonds is 5. The number of hydrogen-bond donors (Lipinski definition) is 1. The molecule has 1 aromatic rings. The summed E-state index contributed by atoms with van der Waals surface area (Å²) in [5.74, 6) is 0.0622. The maximum absolute atomic E-state index is 11.9. The van der Waals surface area contributed by atoms with Crippen LogP contribution >= 0.6 is 0 Å². The smallest absolute Gasteiger partial charge is 0.246 e. The van der Waals surface area contributed by atoms with E-state index in [9.17, 15) is 4.79 Å². The van der Waals surface area contributed by atoms with Gasteiger partial charge in [-0.05, 0) is 26.0 Å². The molecule has 0 aliphatic rings. The zero-order valence-electron chi connectivity index (χ0n) is 9.26. The van der Waals surface area contributed by atoms with Crippen LogP contribution in [0.4, 0.5) is 0 Å². The summed E-state index contributed by atoms with van der Waals surface area (Å²) in [5.41, 5.74) is 5.39. The topological polar surface area (TPSA) is 64.2 Å². The first-order chi connectivity index (χ1) is 7.16. The van der Waals surface area contributed by atoms with Crippen molar-refractivity contribution < 1.29 is 4.79 Å². The van der Waals surface area contributed by atoms with Crippen molar-refractivity contribution in [1.82, 2.24) is 14.7 Å². The Balaban J connectivity index is 2.52. The summed E-state index contributed by atoms with van der Waals surface area (Å²) in [7, 11) is 1.79. The van der Waals surface area contributed by atoms with Crippen molar-refractivity contribution >= 4 is 5.91 Å². The second-order valence-electron chi connectivity index (χ2n) is 3.56. The van der Waals surface area contributed by atoms with Gasteiger partial charge < -0.3 is 10.6 Å². The number of likely N-dealkylation sites (N-methyl/N-ethyl adjacent to an activating group) is 1. The standard InChI is InChI=1S/C10H18N4O/c1-9(14-8-4-6-12-14)10(15)13(2)7-3-5-11/h4,6,8-9H,3,5,7,11H2,1-2H3. The number of nitrogens with zero attached hydrogens (tertiary/aromatic N) is 3. The minimum atomic E-state index is -0.247.